The molecule has 2 aromatic rings. The van der Waals surface area contributed by atoms with E-state index in [2.05, 4.69) is 10.4 Å². The van der Waals surface area contributed by atoms with Crippen LogP contribution in [-0.4, -0.2) is 23.4 Å². The Morgan fingerprint density at radius 3 is 2.40 bits per heavy atom. The second kappa shape index (κ2) is 6.52. The van der Waals surface area contributed by atoms with E-state index < -0.39 is 43.0 Å². The number of nitro groups is 1. The van der Waals surface area contributed by atoms with Crippen LogP contribution in [0.2, 0.25) is 0 Å². The van der Waals surface area contributed by atoms with Gasteiger partial charge in [0.1, 0.15) is 5.82 Å². The maximum atomic E-state index is 12.4. The minimum Gasteiger partial charge on any atom is -0.502 e. The highest BCUT2D eigenvalue weighted by Gasteiger charge is 2.30. The molecule has 1 heterocycles. The average molecular weight is 378 g/mol. The fourth-order valence-corrected chi connectivity index (χ4v) is 2.50. The summed E-state index contributed by atoms with van der Waals surface area (Å²) in [6, 6.07) is 3.94. The van der Waals surface area contributed by atoms with Gasteiger partial charge in [0.05, 0.1) is 15.4 Å². The fourth-order valence-electron chi connectivity index (χ4n) is 1.63. The van der Waals surface area contributed by atoms with Crippen LogP contribution in [-0.2, 0) is 16.2 Å². The van der Waals surface area contributed by atoms with Crippen molar-refractivity contribution in [2.45, 2.75) is 11.1 Å². The van der Waals surface area contributed by atoms with Crippen LogP contribution >= 0.6 is 0 Å². The van der Waals surface area contributed by atoms with E-state index in [0.717, 1.165) is 18.2 Å². The molecule has 0 radical (unpaired) electrons. The molecule has 0 amide bonds. The van der Waals surface area contributed by atoms with Crippen molar-refractivity contribution in [3.8, 4) is 5.75 Å². The van der Waals surface area contributed by atoms with Gasteiger partial charge in [-0.15, -0.1) is 4.83 Å². The Bertz CT molecular complexity index is 900. The molecule has 1 aromatic carbocycles. The first kappa shape index (κ1) is 18.4. The van der Waals surface area contributed by atoms with Crippen LogP contribution in [0.1, 0.15) is 5.56 Å². The lowest BCUT2D eigenvalue weighted by Gasteiger charge is -2.10. The Morgan fingerprint density at radius 2 is 1.88 bits per heavy atom. The van der Waals surface area contributed by atoms with Gasteiger partial charge in [-0.3, -0.25) is 15.5 Å². The molecule has 0 saturated heterocycles. The molecule has 0 unspecified atom stereocenters. The van der Waals surface area contributed by atoms with Crippen molar-refractivity contribution in [3.63, 3.8) is 0 Å². The molecular weight excluding hydrogens is 369 g/mol. The van der Waals surface area contributed by atoms with Crippen molar-refractivity contribution in [2.75, 3.05) is 5.43 Å². The number of hydrogen-bond acceptors (Lipinski definition) is 7. The van der Waals surface area contributed by atoms with Crippen LogP contribution in [0.3, 0.4) is 0 Å². The van der Waals surface area contributed by atoms with Crippen LogP contribution in [0.5, 0.6) is 5.75 Å². The molecule has 0 aliphatic heterocycles. The summed E-state index contributed by atoms with van der Waals surface area (Å²) in [6.45, 7) is 0. The molecule has 2 rings (SSSR count). The van der Waals surface area contributed by atoms with Gasteiger partial charge in [0, 0.05) is 12.3 Å². The Labute approximate surface area is 138 Å². The minimum absolute atomic E-state index is 0.232. The van der Waals surface area contributed by atoms with Gasteiger partial charge in [0.2, 0.25) is 0 Å². The third-order valence-corrected chi connectivity index (χ3v) is 4.10. The Morgan fingerprint density at radius 1 is 1.20 bits per heavy atom. The number of phenols is 1. The molecule has 0 saturated carbocycles. The molecule has 134 valence electrons. The summed E-state index contributed by atoms with van der Waals surface area (Å²) in [7, 11) is -4.31. The van der Waals surface area contributed by atoms with Crippen molar-refractivity contribution in [1.29, 1.82) is 0 Å². The van der Waals surface area contributed by atoms with Crippen molar-refractivity contribution in [1.82, 2.24) is 9.82 Å². The van der Waals surface area contributed by atoms with Gasteiger partial charge < -0.3 is 5.11 Å². The highest BCUT2D eigenvalue weighted by atomic mass is 32.2. The Kier molecular flexibility index (Phi) is 4.80. The van der Waals surface area contributed by atoms with E-state index in [0.29, 0.717) is 18.3 Å². The monoisotopic (exact) mass is 378 g/mol. The SMILES string of the molecule is O=[N+]([O-])c1cc(S(=O)(=O)NNc2ccc(C(F)(F)F)cn2)ccc1O. The Hall–Kier alpha value is -2.93. The van der Waals surface area contributed by atoms with Crippen LogP contribution in [0.15, 0.2) is 41.4 Å². The number of benzene rings is 1. The number of rotatable bonds is 5. The summed E-state index contributed by atoms with van der Waals surface area (Å²) in [5.41, 5.74) is 0.235. The third-order valence-electron chi connectivity index (χ3n) is 2.86. The van der Waals surface area contributed by atoms with Crippen LogP contribution in [0.4, 0.5) is 24.7 Å². The van der Waals surface area contributed by atoms with E-state index in [9.17, 15) is 36.8 Å². The lowest BCUT2D eigenvalue weighted by atomic mass is 10.3. The zero-order valence-electron chi connectivity index (χ0n) is 12.0. The average Bonchev–Trinajstić information content (AvgIpc) is 2.52. The van der Waals surface area contributed by atoms with E-state index in [1.807, 2.05) is 4.83 Å². The topological polar surface area (TPSA) is 134 Å². The fraction of sp³-hybridized carbons (Fsp3) is 0.0833. The molecule has 0 spiro atoms. The number of anilines is 1. The summed E-state index contributed by atoms with van der Waals surface area (Å²) in [6.07, 6.45) is -4.09. The number of aromatic nitrogens is 1. The molecule has 0 bridgehead atoms. The molecule has 3 N–H and O–H groups in total. The number of aromatic hydroxyl groups is 1. The number of nitrogens with one attached hydrogen (secondary N) is 2. The molecule has 0 fully saturated rings. The maximum absolute atomic E-state index is 12.4. The van der Waals surface area contributed by atoms with Crippen molar-refractivity contribution < 1.29 is 31.6 Å². The van der Waals surface area contributed by atoms with Gasteiger partial charge in [-0.1, -0.05) is 0 Å². The number of hydrogen-bond donors (Lipinski definition) is 3. The smallest absolute Gasteiger partial charge is 0.417 e. The van der Waals surface area contributed by atoms with E-state index in [4.69, 9.17) is 0 Å². The van der Waals surface area contributed by atoms with Crippen molar-refractivity contribution in [2.24, 2.45) is 0 Å². The number of nitro benzene ring substituents is 1. The number of alkyl halides is 3. The maximum Gasteiger partial charge on any atom is 0.417 e. The largest absolute Gasteiger partial charge is 0.502 e. The highest BCUT2D eigenvalue weighted by molar-refractivity contribution is 7.89. The van der Waals surface area contributed by atoms with E-state index in [1.54, 1.807) is 0 Å². The van der Waals surface area contributed by atoms with Crippen LogP contribution in [0.25, 0.3) is 0 Å². The summed E-state index contributed by atoms with van der Waals surface area (Å²) in [5, 5.41) is 20.0. The number of pyridine rings is 1. The van der Waals surface area contributed by atoms with Gasteiger partial charge in [0.25, 0.3) is 10.0 Å². The van der Waals surface area contributed by atoms with E-state index in [1.165, 1.54) is 0 Å². The molecule has 0 aliphatic carbocycles. The molecule has 0 aliphatic rings. The van der Waals surface area contributed by atoms with E-state index in [-0.39, 0.29) is 5.82 Å². The van der Waals surface area contributed by atoms with Gasteiger partial charge in [-0.25, -0.2) is 13.4 Å². The molecular formula is C12H9F3N4O5S. The Balaban J connectivity index is 2.17. The highest BCUT2D eigenvalue weighted by Crippen LogP contribution is 2.29. The lowest BCUT2D eigenvalue weighted by Crippen LogP contribution is -2.30. The number of phenolic OH excluding ortho intramolecular Hbond substituents is 1. The van der Waals surface area contributed by atoms with Gasteiger partial charge >= 0.3 is 11.9 Å². The normalized spacial score (nSPS) is 12.0. The second-order valence-electron chi connectivity index (χ2n) is 4.57. The zero-order valence-corrected chi connectivity index (χ0v) is 12.8. The number of sulfonamides is 1. The summed E-state index contributed by atoms with van der Waals surface area (Å²) in [4.78, 5) is 14.4. The molecule has 25 heavy (non-hydrogen) atoms. The number of halogens is 3. The second-order valence-corrected chi connectivity index (χ2v) is 6.25. The summed E-state index contributed by atoms with van der Waals surface area (Å²) >= 11 is 0. The summed E-state index contributed by atoms with van der Waals surface area (Å²) in [5.74, 6) is -0.953. The van der Waals surface area contributed by atoms with Crippen LogP contribution < -0.4 is 10.3 Å². The van der Waals surface area contributed by atoms with Gasteiger partial charge in [-0.05, 0) is 24.3 Å². The quantitative estimate of drug-likeness (QED) is 0.535. The molecule has 1 aromatic heterocycles. The number of nitrogens with zero attached hydrogens (tertiary/aromatic N) is 2. The van der Waals surface area contributed by atoms with Gasteiger partial charge in [0.15, 0.2) is 5.75 Å². The first-order valence-corrected chi connectivity index (χ1v) is 7.77. The predicted molar refractivity (Wildman–Crippen MR) is 77.9 cm³/mol. The predicted octanol–water partition coefficient (Wildman–Crippen LogP) is 2.02. The molecule has 9 nitrogen and oxygen atoms in total. The molecule has 0 atom stereocenters. The third kappa shape index (κ3) is 4.33. The van der Waals surface area contributed by atoms with Crippen LogP contribution in [0, 0.1) is 10.1 Å². The summed E-state index contributed by atoms with van der Waals surface area (Å²) < 4.78 is 61.3. The first-order valence-electron chi connectivity index (χ1n) is 6.29. The van der Waals surface area contributed by atoms with Crippen molar-refractivity contribution >= 4 is 21.5 Å². The first-order chi connectivity index (χ1) is 11.5. The zero-order chi connectivity index (χ0) is 18.8. The van der Waals surface area contributed by atoms with Gasteiger partial charge in [-0.2, -0.15) is 13.2 Å². The van der Waals surface area contributed by atoms with Crippen molar-refractivity contribution in [3.05, 3.63) is 52.2 Å². The standard InChI is InChI=1S/C12H9F3N4O5S/c13-12(14,15)7-1-4-11(16-6-7)17-18-25(23,24)8-2-3-10(20)9(5-8)19(21)22/h1-6,18,20H,(H,16,17). The minimum atomic E-state index is -4.59. The number of hydrazine groups is 1. The van der Waals surface area contributed by atoms with E-state index >= 15 is 0 Å². The lowest BCUT2D eigenvalue weighted by molar-refractivity contribution is -0.386. The molecule has 13 heteroatoms.